The van der Waals surface area contributed by atoms with Crippen LogP contribution in [0.5, 0.6) is 5.75 Å². The van der Waals surface area contributed by atoms with Crippen molar-refractivity contribution in [1.29, 1.82) is 0 Å². The van der Waals surface area contributed by atoms with Crippen LogP contribution in [-0.2, 0) is 9.53 Å². The van der Waals surface area contributed by atoms with E-state index in [1.54, 1.807) is 25.1 Å². The van der Waals surface area contributed by atoms with Gasteiger partial charge in [0, 0.05) is 10.6 Å². The highest BCUT2D eigenvalue weighted by atomic mass is 35.5. The Balaban J connectivity index is 2.22. The highest BCUT2D eigenvalue weighted by Crippen LogP contribution is 2.37. The highest BCUT2D eigenvalue weighted by molar-refractivity contribution is 7.80. The fourth-order valence-electron chi connectivity index (χ4n) is 3.09. The molecule has 1 aliphatic heterocycles. The van der Waals surface area contributed by atoms with E-state index in [1.807, 2.05) is 37.3 Å². The Kier molecular flexibility index (Phi) is 6.54. The zero-order chi connectivity index (χ0) is 20.1. The second-order valence-corrected chi connectivity index (χ2v) is 6.87. The van der Waals surface area contributed by atoms with Gasteiger partial charge in [-0.25, -0.2) is 4.79 Å². The highest BCUT2D eigenvalue weighted by Gasteiger charge is 2.34. The summed E-state index contributed by atoms with van der Waals surface area (Å²) in [5, 5.41) is 7.22. The van der Waals surface area contributed by atoms with Crippen molar-refractivity contribution in [1.82, 2.24) is 10.6 Å². The number of nitrogens with one attached hydrogen (secondary N) is 2. The third-order valence-corrected chi connectivity index (χ3v) is 4.67. The van der Waals surface area contributed by atoms with Gasteiger partial charge in [-0.3, -0.25) is 0 Å². The Labute approximate surface area is 174 Å². The molecule has 2 aromatic rings. The van der Waals surface area contributed by atoms with Crippen molar-refractivity contribution >= 4 is 40.6 Å². The molecule has 28 heavy (non-hydrogen) atoms. The van der Waals surface area contributed by atoms with E-state index in [2.05, 4.69) is 10.6 Å². The molecule has 0 aromatic heterocycles. The molecule has 0 saturated carbocycles. The van der Waals surface area contributed by atoms with Crippen LogP contribution >= 0.6 is 23.8 Å². The third kappa shape index (κ3) is 4.29. The van der Waals surface area contributed by atoms with Crippen LogP contribution in [0.25, 0.3) is 5.70 Å². The van der Waals surface area contributed by atoms with E-state index >= 15 is 0 Å². The summed E-state index contributed by atoms with van der Waals surface area (Å²) in [5.41, 5.74) is 2.58. The maximum Gasteiger partial charge on any atom is 0.338 e. The lowest BCUT2D eigenvalue weighted by Crippen LogP contribution is -2.45. The summed E-state index contributed by atoms with van der Waals surface area (Å²) in [7, 11) is 0. The molecule has 0 aliphatic carbocycles. The molecular weight excluding hydrogens is 396 g/mol. The summed E-state index contributed by atoms with van der Waals surface area (Å²) in [6, 6.07) is 14.3. The molecule has 3 rings (SSSR count). The van der Waals surface area contributed by atoms with Crippen molar-refractivity contribution in [2.45, 2.75) is 19.9 Å². The molecule has 2 aromatic carbocycles. The average Bonchev–Trinajstić information content (AvgIpc) is 2.69. The molecule has 7 heteroatoms. The van der Waals surface area contributed by atoms with Crippen molar-refractivity contribution in [3.8, 4) is 5.75 Å². The first kappa shape index (κ1) is 20.2. The van der Waals surface area contributed by atoms with Gasteiger partial charge in [-0.2, -0.15) is 0 Å². The summed E-state index contributed by atoms with van der Waals surface area (Å²) in [6.45, 7) is 4.41. The topological polar surface area (TPSA) is 59.6 Å². The molecule has 1 heterocycles. The van der Waals surface area contributed by atoms with Gasteiger partial charge in [0.1, 0.15) is 5.75 Å². The normalized spacial score (nSPS) is 16.2. The molecular formula is C21H21ClN2O3S. The van der Waals surface area contributed by atoms with Crippen LogP contribution in [0.2, 0.25) is 5.02 Å². The Bertz CT molecular complexity index is 915. The Morgan fingerprint density at radius 3 is 2.57 bits per heavy atom. The first-order valence-corrected chi connectivity index (χ1v) is 9.80. The summed E-state index contributed by atoms with van der Waals surface area (Å²) < 4.78 is 11.1. The summed E-state index contributed by atoms with van der Waals surface area (Å²) in [5.74, 6) is 0.194. The van der Waals surface area contributed by atoms with Crippen LogP contribution in [0.3, 0.4) is 0 Å². The van der Waals surface area contributed by atoms with E-state index < -0.39 is 12.0 Å². The maximum absolute atomic E-state index is 12.9. The minimum Gasteiger partial charge on any atom is -0.494 e. The van der Waals surface area contributed by atoms with Crippen LogP contribution < -0.4 is 15.4 Å². The van der Waals surface area contributed by atoms with E-state index in [0.717, 1.165) is 11.1 Å². The first-order chi connectivity index (χ1) is 13.5. The van der Waals surface area contributed by atoms with Crippen LogP contribution in [-0.4, -0.2) is 24.3 Å². The standard InChI is InChI=1S/C21H21ClN2O3S/c1-3-26-16-11-10-14(22)12-15(16)19-17(20(25)27-4-2)18(23-21(28)24-19)13-8-6-5-7-9-13/h5-12,19H,3-4H2,1-2H3,(H2,23,24,28)/t19-/m1/s1. The second-order valence-electron chi connectivity index (χ2n) is 6.02. The molecule has 1 atom stereocenters. The van der Waals surface area contributed by atoms with Crippen LogP contribution in [0, 0.1) is 0 Å². The van der Waals surface area contributed by atoms with Gasteiger partial charge in [0.25, 0.3) is 0 Å². The number of hydrogen-bond donors (Lipinski definition) is 2. The Morgan fingerprint density at radius 2 is 1.89 bits per heavy atom. The third-order valence-electron chi connectivity index (χ3n) is 4.21. The molecule has 0 bridgehead atoms. The smallest absolute Gasteiger partial charge is 0.338 e. The molecule has 0 fully saturated rings. The van der Waals surface area contributed by atoms with Crippen molar-refractivity contribution in [2.75, 3.05) is 13.2 Å². The van der Waals surface area contributed by atoms with Crippen LogP contribution in [0.15, 0.2) is 54.1 Å². The van der Waals surface area contributed by atoms with Crippen LogP contribution in [0.1, 0.15) is 31.0 Å². The summed E-state index contributed by atoms with van der Waals surface area (Å²) in [6.07, 6.45) is 0. The van der Waals surface area contributed by atoms with Gasteiger partial charge >= 0.3 is 5.97 Å². The average molecular weight is 417 g/mol. The van der Waals surface area contributed by atoms with Crippen molar-refractivity contribution < 1.29 is 14.3 Å². The van der Waals surface area contributed by atoms with Crippen molar-refractivity contribution in [3.05, 3.63) is 70.3 Å². The van der Waals surface area contributed by atoms with Gasteiger partial charge in [-0.15, -0.1) is 0 Å². The lowest BCUT2D eigenvalue weighted by molar-refractivity contribution is -0.138. The zero-order valence-corrected chi connectivity index (χ0v) is 17.2. The molecule has 0 amide bonds. The molecule has 5 nitrogen and oxygen atoms in total. The molecule has 1 aliphatic rings. The van der Waals surface area contributed by atoms with E-state index in [9.17, 15) is 4.79 Å². The van der Waals surface area contributed by atoms with Gasteiger partial charge in [-0.05, 0) is 49.8 Å². The number of ether oxygens (including phenoxy) is 2. The molecule has 146 valence electrons. The van der Waals surface area contributed by atoms with Gasteiger partial charge < -0.3 is 20.1 Å². The number of rotatable bonds is 6. The first-order valence-electron chi connectivity index (χ1n) is 9.01. The molecule has 0 radical (unpaired) electrons. The monoisotopic (exact) mass is 416 g/mol. The molecule has 2 N–H and O–H groups in total. The zero-order valence-electron chi connectivity index (χ0n) is 15.6. The van der Waals surface area contributed by atoms with Gasteiger partial charge in [-0.1, -0.05) is 41.9 Å². The van der Waals surface area contributed by atoms with E-state index in [1.165, 1.54) is 0 Å². The SMILES string of the molecule is CCOC(=O)C1=C(c2ccccc2)NC(=S)N[C@@H]1c1cc(Cl)ccc1OCC. The fraction of sp³-hybridized carbons (Fsp3) is 0.238. The largest absolute Gasteiger partial charge is 0.494 e. The molecule has 0 spiro atoms. The summed E-state index contributed by atoms with van der Waals surface area (Å²) >= 11 is 11.7. The number of thiocarbonyl (C=S) groups is 1. The number of halogens is 1. The van der Waals surface area contributed by atoms with Gasteiger partial charge in [0.2, 0.25) is 0 Å². The van der Waals surface area contributed by atoms with Gasteiger partial charge in [0.05, 0.1) is 30.5 Å². The molecule has 0 saturated heterocycles. The lowest BCUT2D eigenvalue weighted by Gasteiger charge is -2.32. The predicted octanol–water partition coefficient (Wildman–Crippen LogP) is 4.23. The Morgan fingerprint density at radius 1 is 1.14 bits per heavy atom. The fourth-order valence-corrected chi connectivity index (χ4v) is 3.49. The number of carbonyl (C=O) groups is 1. The van der Waals surface area contributed by atoms with Crippen LogP contribution in [0.4, 0.5) is 0 Å². The van der Waals surface area contributed by atoms with E-state index in [-0.39, 0.29) is 6.61 Å². The van der Waals surface area contributed by atoms with Crippen molar-refractivity contribution in [2.24, 2.45) is 0 Å². The summed E-state index contributed by atoms with van der Waals surface area (Å²) in [4.78, 5) is 12.9. The second kappa shape index (κ2) is 9.08. The predicted molar refractivity (Wildman–Crippen MR) is 114 cm³/mol. The number of esters is 1. The Hall–Kier alpha value is -2.57. The van der Waals surface area contributed by atoms with E-state index in [0.29, 0.717) is 33.8 Å². The number of benzene rings is 2. The maximum atomic E-state index is 12.9. The van der Waals surface area contributed by atoms with Gasteiger partial charge in [0.15, 0.2) is 5.11 Å². The minimum absolute atomic E-state index is 0.259. The molecule has 0 unspecified atom stereocenters. The van der Waals surface area contributed by atoms with Crippen molar-refractivity contribution in [3.63, 3.8) is 0 Å². The lowest BCUT2D eigenvalue weighted by atomic mass is 9.92. The number of carbonyl (C=O) groups excluding carboxylic acids is 1. The number of hydrogen-bond acceptors (Lipinski definition) is 4. The quantitative estimate of drug-likeness (QED) is 0.542. The van der Waals surface area contributed by atoms with E-state index in [4.69, 9.17) is 33.3 Å². The minimum atomic E-state index is -0.566.